The maximum Gasteiger partial charge on any atom is 0.165 e. The molecule has 5 heteroatoms. The number of nitrogens with zero attached hydrogens (tertiary/aromatic N) is 1. The molecule has 0 aliphatic rings. The molecule has 0 radical (unpaired) electrons. The lowest BCUT2D eigenvalue weighted by Gasteiger charge is -2.16. The van der Waals surface area contributed by atoms with Gasteiger partial charge in [-0.3, -0.25) is 4.98 Å². The van der Waals surface area contributed by atoms with Gasteiger partial charge in [-0.15, -0.1) is 0 Å². The maximum atomic E-state index is 5.87. The normalized spacial score (nSPS) is 10.5. The molecular weight excluding hydrogens is 344 g/mol. The van der Waals surface area contributed by atoms with Crippen molar-refractivity contribution in [3.05, 3.63) is 52.3 Å². The Morgan fingerprint density at radius 3 is 2.82 bits per heavy atom. The van der Waals surface area contributed by atoms with Crippen molar-refractivity contribution < 1.29 is 9.47 Å². The summed E-state index contributed by atoms with van der Waals surface area (Å²) in [6, 6.07) is 7.98. The Morgan fingerprint density at radius 1 is 1.27 bits per heavy atom. The van der Waals surface area contributed by atoms with Crippen LogP contribution in [0, 0.1) is 0 Å². The van der Waals surface area contributed by atoms with Gasteiger partial charge in [0.15, 0.2) is 11.5 Å². The highest BCUT2D eigenvalue weighted by molar-refractivity contribution is 9.10. The van der Waals surface area contributed by atoms with Crippen LogP contribution in [-0.2, 0) is 13.1 Å². The van der Waals surface area contributed by atoms with Gasteiger partial charge in [-0.2, -0.15) is 0 Å². The fraction of sp³-hybridized carbons (Fsp3) is 0.353. The van der Waals surface area contributed by atoms with Gasteiger partial charge >= 0.3 is 0 Å². The number of pyridine rings is 1. The van der Waals surface area contributed by atoms with Crippen LogP contribution >= 0.6 is 15.9 Å². The van der Waals surface area contributed by atoms with Crippen LogP contribution in [0.5, 0.6) is 11.5 Å². The van der Waals surface area contributed by atoms with E-state index in [0.717, 1.165) is 40.1 Å². The molecule has 0 unspecified atom stereocenters. The smallest absolute Gasteiger partial charge is 0.165 e. The van der Waals surface area contributed by atoms with Gasteiger partial charge in [0, 0.05) is 35.5 Å². The van der Waals surface area contributed by atoms with E-state index in [1.807, 2.05) is 18.3 Å². The number of methoxy groups -OCH3 is 1. The van der Waals surface area contributed by atoms with E-state index in [1.54, 1.807) is 13.3 Å². The fourth-order valence-corrected chi connectivity index (χ4v) is 2.60. The monoisotopic (exact) mass is 364 g/mol. The molecule has 0 saturated carbocycles. The molecule has 0 aliphatic carbocycles. The van der Waals surface area contributed by atoms with Gasteiger partial charge in [-0.25, -0.2) is 0 Å². The van der Waals surface area contributed by atoms with Crippen molar-refractivity contribution in [2.45, 2.75) is 26.4 Å². The third kappa shape index (κ3) is 4.71. The Kier molecular flexibility index (Phi) is 6.68. The number of rotatable bonds is 8. The van der Waals surface area contributed by atoms with Crippen molar-refractivity contribution in [1.29, 1.82) is 0 Å². The summed E-state index contributed by atoms with van der Waals surface area (Å²) in [4.78, 5) is 4.12. The lowest BCUT2D eigenvalue weighted by Crippen LogP contribution is -2.14. The second-order valence-corrected chi connectivity index (χ2v) is 5.83. The lowest BCUT2D eigenvalue weighted by molar-refractivity contribution is 0.290. The molecule has 1 heterocycles. The van der Waals surface area contributed by atoms with Crippen LogP contribution in [0.2, 0.25) is 0 Å². The third-order valence-electron chi connectivity index (χ3n) is 3.13. The summed E-state index contributed by atoms with van der Waals surface area (Å²) in [7, 11) is 1.66. The molecule has 1 aromatic carbocycles. The van der Waals surface area contributed by atoms with E-state index in [-0.39, 0.29) is 0 Å². The Bertz CT molecular complexity index is 591. The van der Waals surface area contributed by atoms with E-state index < -0.39 is 0 Å². The number of benzene rings is 1. The molecule has 4 nitrogen and oxygen atoms in total. The van der Waals surface area contributed by atoms with Gasteiger partial charge in [-0.05, 0) is 30.2 Å². The summed E-state index contributed by atoms with van der Waals surface area (Å²) < 4.78 is 12.3. The molecule has 0 fully saturated rings. The van der Waals surface area contributed by atoms with Gasteiger partial charge in [-0.1, -0.05) is 28.9 Å². The van der Waals surface area contributed by atoms with Crippen molar-refractivity contribution in [2.24, 2.45) is 0 Å². The minimum Gasteiger partial charge on any atom is -0.493 e. The topological polar surface area (TPSA) is 43.4 Å². The first-order valence-corrected chi connectivity index (χ1v) is 8.12. The van der Waals surface area contributed by atoms with Crippen LogP contribution in [0.3, 0.4) is 0 Å². The van der Waals surface area contributed by atoms with Gasteiger partial charge < -0.3 is 14.8 Å². The summed E-state index contributed by atoms with van der Waals surface area (Å²) >= 11 is 3.52. The minimum absolute atomic E-state index is 0.674. The van der Waals surface area contributed by atoms with E-state index >= 15 is 0 Å². The van der Waals surface area contributed by atoms with Crippen molar-refractivity contribution in [3.63, 3.8) is 0 Å². The van der Waals surface area contributed by atoms with Gasteiger partial charge in [0.1, 0.15) is 0 Å². The molecule has 0 atom stereocenters. The summed E-state index contributed by atoms with van der Waals surface area (Å²) in [5.41, 5.74) is 2.23. The zero-order valence-corrected chi connectivity index (χ0v) is 14.5. The number of aromatic nitrogens is 1. The van der Waals surface area contributed by atoms with Crippen molar-refractivity contribution in [1.82, 2.24) is 10.3 Å². The third-order valence-corrected chi connectivity index (χ3v) is 3.59. The van der Waals surface area contributed by atoms with Gasteiger partial charge in [0.05, 0.1) is 13.7 Å². The van der Waals surface area contributed by atoms with Crippen LogP contribution in [0.15, 0.2) is 41.1 Å². The zero-order chi connectivity index (χ0) is 15.8. The Labute approximate surface area is 140 Å². The number of nitrogens with one attached hydrogen (secondary N) is 1. The fourth-order valence-electron chi connectivity index (χ4n) is 2.12. The highest BCUT2D eigenvalue weighted by Crippen LogP contribution is 2.35. The van der Waals surface area contributed by atoms with Crippen molar-refractivity contribution in [3.8, 4) is 11.5 Å². The number of ether oxygens (including phenoxy) is 2. The van der Waals surface area contributed by atoms with Crippen LogP contribution < -0.4 is 14.8 Å². The van der Waals surface area contributed by atoms with Gasteiger partial charge in [0.2, 0.25) is 0 Å². The van der Waals surface area contributed by atoms with E-state index in [9.17, 15) is 0 Å². The predicted molar refractivity (Wildman–Crippen MR) is 91.3 cm³/mol. The molecule has 1 aromatic heterocycles. The average molecular weight is 365 g/mol. The SMILES string of the molecule is CCCOc1c(CNCc2cccnc2)cc(Br)cc1OC. The number of hydrogen-bond donors (Lipinski definition) is 1. The molecule has 0 bridgehead atoms. The molecule has 2 rings (SSSR count). The Hall–Kier alpha value is -1.59. The lowest BCUT2D eigenvalue weighted by atomic mass is 10.1. The van der Waals surface area contributed by atoms with E-state index in [2.05, 4.69) is 45.3 Å². The molecule has 0 spiro atoms. The first kappa shape index (κ1) is 16.8. The van der Waals surface area contributed by atoms with E-state index in [0.29, 0.717) is 13.2 Å². The molecule has 118 valence electrons. The van der Waals surface area contributed by atoms with Gasteiger partial charge in [0.25, 0.3) is 0 Å². The highest BCUT2D eigenvalue weighted by Gasteiger charge is 2.12. The van der Waals surface area contributed by atoms with Crippen LogP contribution in [0.1, 0.15) is 24.5 Å². The number of hydrogen-bond acceptors (Lipinski definition) is 4. The summed E-state index contributed by atoms with van der Waals surface area (Å²) in [6.45, 7) is 4.22. The zero-order valence-electron chi connectivity index (χ0n) is 12.9. The van der Waals surface area contributed by atoms with Crippen LogP contribution in [0.25, 0.3) is 0 Å². The van der Waals surface area contributed by atoms with E-state index in [4.69, 9.17) is 9.47 Å². The van der Waals surface area contributed by atoms with E-state index in [1.165, 1.54) is 0 Å². The largest absolute Gasteiger partial charge is 0.493 e. The molecule has 22 heavy (non-hydrogen) atoms. The molecule has 0 amide bonds. The Morgan fingerprint density at radius 2 is 2.14 bits per heavy atom. The summed E-state index contributed by atoms with van der Waals surface area (Å²) in [5, 5.41) is 3.42. The second kappa shape index (κ2) is 8.76. The first-order valence-electron chi connectivity index (χ1n) is 7.33. The predicted octanol–water partition coefficient (Wildman–Crippen LogP) is 3.93. The highest BCUT2D eigenvalue weighted by atomic mass is 79.9. The maximum absolute atomic E-state index is 5.87. The second-order valence-electron chi connectivity index (χ2n) is 4.91. The Balaban J connectivity index is 2.09. The summed E-state index contributed by atoms with van der Waals surface area (Å²) in [6.07, 6.45) is 4.60. The van der Waals surface area contributed by atoms with Crippen LogP contribution in [-0.4, -0.2) is 18.7 Å². The number of halogens is 1. The molecule has 2 aromatic rings. The molecule has 0 saturated heterocycles. The molecule has 1 N–H and O–H groups in total. The molecule has 0 aliphatic heterocycles. The van der Waals surface area contributed by atoms with Crippen molar-refractivity contribution >= 4 is 15.9 Å². The summed E-state index contributed by atoms with van der Waals surface area (Å²) in [5.74, 6) is 1.56. The quantitative estimate of drug-likeness (QED) is 0.770. The average Bonchev–Trinajstić information content (AvgIpc) is 2.54. The molecular formula is C17H21BrN2O2. The first-order chi connectivity index (χ1) is 10.7. The van der Waals surface area contributed by atoms with Crippen molar-refractivity contribution in [2.75, 3.05) is 13.7 Å². The standard InChI is InChI=1S/C17H21BrN2O2/c1-3-7-22-17-14(8-15(18)9-16(17)21-2)12-20-11-13-5-4-6-19-10-13/h4-6,8-10,20H,3,7,11-12H2,1-2H3. The van der Waals surface area contributed by atoms with Crippen LogP contribution in [0.4, 0.5) is 0 Å². The minimum atomic E-state index is 0.674.